The molecule has 0 bridgehead atoms. The average Bonchev–Trinajstić information content (AvgIpc) is 3.22. The summed E-state index contributed by atoms with van der Waals surface area (Å²) in [5.74, 6) is 1.27. The fourth-order valence-corrected chi connectivity index (χ4v) is 4.33. The first kappa shape index (κ1) is 24.6. The number of carbonyl (C=O) groups is 1. The number of thioether (sulfide) groups is 1. The van der Waals surface area contributed by atoms with Gasteiger partial charge in [0.1, 0.15) is 24.6 Å². The van der Waals surface area contributed by atoms with Gasteiger partial charge in [-0.25, -0.2) is 4.98 Å². The number of carbonyl (C=O) groups excluding carboxylic acids is 1. The molecule has 0 fully saturated rings. The summed E-state index contributed by atoms with van der Waals surface area (Å²) in [6.45, 7) is 8.44. The monoisotopic (exact) mass is 465 g/mol. The first-order valence-electron chi connectivity index (χ1n) is 11.2. The zero-order valence-corrected chi connectivity index (χ0v) is 20.4. The van der Waals surface area contributed by atoms with Crippen LogP contribution in [0.5, 0.6) is 5.75 Å². The van der Waals surface area contributed by atoms with Crippen LogP contribution in [0.4, 0.5) is 0 Å². The lowest BCUT2D eigenvalue weighted by Crippen LogP contribution is -2.19. The number of hydrogen-bond donors (Lipinski definition) is 2. The van der Waals surface area contributed by atoms with E-state index in [0.717, 1.165) is 44.4 Å². The molecular weight excluding hydrogens is 434 g/mol. The summed E-state index contributed by atoms with van der Waals surface area (Å²) in [6.07, 6.45) is 1.85. The van der Waals surface area contributed by atoms with Gasteiger partial charge in [0, 0.05) is 21.9 Å². The first-order valence-corrected chi connectivity index (χ1v) is 12.2. The van der Waals surface area contributed by atoms with Crippen molar-refractivity contribution in [1.82, 2.24) is 9.97 Å². The lowest BCUT2D eigenvalue weighted by molar-refractivity contribution is -0.142. The van der Waals surface area contributed by atoms with Gasteiger partial charge in [-0.2, -0.15) is 0 Å². The Morgan fingerprint density at radius 2 is 1.97 bits per heavy atom. The summed E-state index contributed by atoms with van der Waals surface area (Å²) >= 11 is 1.82. The quantitative estimate of drug-likeness (QED) is 0.197. The number of rotatable bonds is 8. The molecule has 3 N–H and O–H groups in total. The second-order valence-corrected chi connectivity index (χ2v) is 8.47. The van der Waals surface area contributed by atoms with Gasteiger partial charge in [-0.05, 0) is 59.7 Å². The molecule has 7 heteroatoms. The number of aryl methyl sites for hydroxylation is 1. The molecule has 0 atom stereocenters. The van der Waals surface area contributed by atoms with E-state index in [1.54, 1.807) is 0 Å². The van der Waals surface area contributed by atoms with Crippen LogP contribution in [0.2, 0.25) is 0 Å². The lowest BCUT2D eigenvalue weighted by Gasteiger charge is -2.11. The molecule has 2 aromatic heterocycles. The number of esters is 1. The fraction of sp³-hybridized carbons (Fsp3) is 0.308. The smallest absolute Gasteiger partial charge is 0.319 e. The van der Waals surface area contributed by atoms with E-state index in [1.807, 2.05) is 44.8 Å². The van der Waals surface area contributed by atoms with E-state index >= 15 is 0 Å². The predicted octanol–water partition coefficient (Wildman–Crippen LogP) is 5.71. The van der Waals surface area contributed by atoms with E-state index in [9.17, 15) is 4.79 Å². The highest BCUT2D eigenvalue weighted by molar-refractivity contribution is 7.99. The van der Waals surface area contributed by atoms with Crippen LogP contribution in [0.3, 0.4) is 0 Å². The van der Waals surface area contributed by atoms with Crippen molar-refractivity contribution in [3.63, 3.8) is 0 Å². The fourth-order valence-electron chi connectivity index (χ4n) is 3.61. The SMILES string of the molecule is CC.CCSc1cccc(-c2ccc(OCCOC(=O)CN)c3[nH]c4ncc(C)cc4c23)c1. The molecule has 0 unspecified atom stereocenters. The zero-order valence-electron chi connectivity index (χ0n) is 19.6. The average molecular weight is 466 g/mol. The van der Waals surface area contributed by atoms with Gasteiger partial charge in [0.2, 0.25) is 0 Å². The maximum atomic E-state index is 11.2. The van der Waals surface area contributed by atoms with Gasteiger partial charge in [0.05, 0.1) is 12.1 Å². The molecule has 0 aliphatic heterocycles. The summed E-state index contributed by atoms with van der Waals surface area (Å²) in [5.41, 5.74) is 10.3. The molecule has 174 valence electrons. The number of aromatic nitrogens is 2. The Morgan fingerprint density at radius 3 is 2.73 bits per heavy atom. The molecule has 0 amide bonds. The van der Waals surface area contributed by atoms with Crippen molar-refractivity contribution in [3.05, 3.63) is 54.2 Å². The van der Waals surface area contributed by atoms with E-state index in [2.05, 4.69) is 53.3 Å². The topological polar surface area (TPSA) is 90.2 Å². The van der Waals surface area contributed by atoms with Crippen LogP contribution < -0.4 is 10.5 Å². The summed E-state index contributed by atoms with van der Waals surface area (Å²) in [6, 6.07) is 14.7. The van der Waals surface area contributed by atoms with Crippen LogP contribution >= 0.6 is 11.8 Å². The minimum absolute atomic E-state index is 0.138. The van der Waals surface area contributed by atoms with E-state index in [0.29, 0.717) is 5.75 Å². The van der Waals surface area contributed by atoms with Crippen LogP contribution in [-0.2, 0) is 9.53 Å². The molecule has 0 radical (unpaired) electrons. The molecule has 4 aromatic rings. The summed E-state index contributed by atoms with van der Waals surface area (Å²) < 4.78 is 11.0. The van der Waals surface area contributed by atoms with Crippen LogP contribution in [0.25, 0.3) is 33.1 Å². The predicted molar refractivity (Wildman–Crippen MR) is 137 cm³/mol. The Hall–Kier alpha value is -3.03. The Bertz CT molecular complexity index is 1240. The zero-order chi connectivity index (χ0) is 23.8. The third-order valence-electron chi connectivity index (χ3n) is 4.93. The summed E-state index contributed by atoms with van der Waals surface area (Å²) in [5, 5.41) is 2.12. The number of fused-ring (bicyclic) bond motifs is 3. The van der Waals surface area contributed by atoms with Gasteiger partial charge in [-0.3, -0.25) is 4.79 Å². The number of pyridine rings is 1. The number of nitrogens with zero attached hydrogens (tertiary/aromatic N) is 1. The highest BCUT2D eigenvalue weighted by Gasteiger charge is 2.16. The molecule has 2 heterocycles. The van der Waals surface area contributed by atoms with Gasteiger partial charge in [-0.15, -0.1) is 11.8 Å². The van der Waals surface area contributed by atoms with E-state index < -0.39 is 5.97 Å². The molecular formula is C26H31N3O3S. The highest BCUT2D eigenvalue weighted by Crippen LogP contribution is 2.39. The molecule has 4 rings (SSSR count). The molecule has 0 aliphatic carbocycles. The summed E-state index contributed by atoms with van der Waals surface area (Å²) in [4.78, 5) is 20.5. The minimum atomic E-state index is -0.445. The van der Waals surface area contributed by atoms with Crippen molar-refractivity contribution in [3.8, 4) is 16.9 Å². The first-order chi connectivity index (χ1) is 16.1. The van der Waals surface area contributed by atoms with Crippen LogP contribution in [0.1, 0.15) is 26.3 Å². The van der Waals surface area contributed by atoms with Crippen molar-refractivity contribution < 1.29 is 14.3 Å². The largest absolute Gasteiger partial charge is 0.488 e. The number of nitrogens with two attached hydrogens (primary N) is 1. The van der Waals surface area contributed by atoms with E-state index in [1.165, 1.54) is 4.90 Å². The number of aromatic amines is 1. The van der Waals surface area contributed by atoms with Crippen LogP contribution in [0, 0.1) is 6.92 Å². The third kappa shape index (κ3) is 5.67. The van der Waals surface area contributed by atoms with Crippen molar-refractivity contribution in [2.45, 2.75) is 32.6 Å². The number of nitrogens with one attached hydrogen (secondary N) is 1. The Morgan fingerprint density at radius 1 is 1.15 bits per heavy atom. The van der Waals surface area contributed by atoms with Crippen molar-refractivity contribution in [1.29, 1.82) is 0 Å². The molecule has 2 aromatic carbocycles. The second kappa shape index (κ2) is 11.7. The third-order valence-corrected chi connectivity index (χ3v) is 5.81. The number of ether oxygens (including phenoxy) is 2. The Labute approximate surface area is 198 Å². The van der Waals surface area contributed by atoms with Crippen molar-refractivity contribution in [2.24, 2.45) is 5.73 Å². The number of benzene rings is 2. The van der Waals surface area contributed by atoms with E-state index in [4.69, 9.17) is 15.2 Å². The Kier molecular flexibility index (Phi) is 8.74. The highest BCUT2D eigenvalue weighted by atomic mass is 32.2. The maximum Gasteiger partial charge on any atom is 0.319 e. The van der Waals surface area contributed by atoms with Gasteiger partial charge < -0.3 is 20.2 Å². The van der Waals surface area contributed by atoms with Gasteiger partial charge >= 0.3 is 5.97 Å². The van der Waals surface area contributed by atoms with Crippen molar-refractivity contribution >= 4 is 39.7 Å². The van der Waals surface area contributed by atoms with Gasteiger partial charge in [0.25, 0.3) is 0 Å². The molecule has 0 saturated carbocycles. The molecule has 33 heavy (non-hydrogen) atoms. The van der Waals surface area contributed by atoms with Gasteiger partial charge in [-0.1, -0.05) is 32.9 Å². The lowest BCUT2D eigenvalue weighted by atomic mass is 9.99. The minimum Gasteiger partial charge on any atom is -0.488 e. The maximum absolute atomic E-state index is 11.2. The second-order valence-electron chi connectivity index (χ2n) is 7.13. The number of hydrogen-bond acceptors (Lipinski definition) is 6. The normalized spacial score (nSPS) is 10.7. The molecule has 0 aliphatic rings. The standard InChI is InChI=1S/C24H25N3O3S.C2H6/c1-3-31-17-6-4-5-16(12-17)18-7-8-20(29-9-10-30-21(28)13-25)23-22(18)19-11-15(2)14-26-24(19)27-23;1-2/h4-8,11-12,14H,3,9-10,13,25H2,1-2H3,(H,26,27);1-2H3. The summed E-state index contributed by atoms with van der Waals surface area (Å²) in [7, 11) is 0. The molecule has 6 nitrogen and oxygen atoms in total. The number of H-pyrrole nitrogens is 1. The van der Waals surface area contributed by atoms with E-state index in [-0.39, 0.29) is 19.8 Å². The van der Waals surface area contributed by atoms with Crippen LogP contribution in [-0.4, -0.2) is 41.4 Å². The van der Waals surface area contributed by atoms with Crippen LogP contribution in [0.15, 0.2) is 53.6 Å². The molecule has 0 spiro atoms. The Balaban J connectivity index is 0.00000149. The van der Waals surface area contributed by atoms with Crippen molar-refractivity contribution in [2.75, 3.05) is 25.5 Å². The van der Waals surface area contributed by atoms with Gasteiger partial charge in [0.15, 0.2) is 0 Å². The molecule has 0 saturated heterocycles.